The Labute approximate surface area is 114 Å². The van der Waals surface area contributed by atoms with Crippen LogP contribution in [0.1, 0.15) is 32.6 Å². The molecular formula is C15H22N2O2. The normalized spacial score (nSPS) is 26.9. The quantitative estimate of drug-likeness (QED) is 0.851. The van der Waals surface area contributed by atoms with Gasteiger partial charge in [0.05, 0.1) is 0 Å². The lowest BCUT2D eigenvalue weighted by Gasteiger charge is -2.39. The highest BCUT2D eigenvalue weighted by Gasteiger charge is 2.41. The highest BCUT2D eigenvalue weighted by atomic mass is 16.5. The van der Waals surface area contributed by atoms with E-state index in [0.717, 1.165) is 31.6 Å². The van der Waals surface area contributed by atoms with E-state index in [2.05, 4.69) is 5.32 Å². The summed E-state index contributed by atoms with van der Waals surface area (Å²) in [4.78, 5) is 11.8. The highest BCUT2D eigenvalue weighted by Crippen LogP contribution is 2.31. The monoisotopic (exact) mass is 262 g/mol. The van der Waals surface area contributed by atoms with E-state index in [-0.39, 0.29) is 12.0 Å². The number of ether oxygens (including phenoxy) is 1. The van der Waals surface area contributed by atoms with Crippen LogP contribution in [0.25, 0.3) is 0 Å². The summed E-state index contributed by atoms with van der Waals surface area (Å²) in [7, 11) is 0. The summed E-state index contributed by atoms with van der Waals surface area (Å²) >= 11 is 0. The number of rotatable bonds is 5. The van der Waals surface area contributed by atoms with Crippen molar-refractivity contribution in [3.63, 3.8) is 0 Å². The van der Waals surface area contributed by atoms with Crippen LogP contribution in [-0.2, 0) is 4.79 Å². The van der Waals surface area contributed by atoms with Gasteiger partial charge in [0, 0.05) is 6.42 Å². The summed E-state index contributed by atoms with van der Waals surface area (Å²) in [5.74, 6) is 0.583. The van der Waals surface area contributed by atoms with Crippen LogP contribution in [0.3, 0.4) is 0 Å². The lowest BCUT2D eigenvalue weighted by atomic mass is 9.79. The lowest BCUT2D eigenvalue weighted by Crippen LogP contribution is -2.59. The smallest absolute Gasteiger partial charge is 0.237 e. The van der Waals surface area contributed by atoms with Crippen molar-refractivity contribution in [1.29, 1.82) is 0 Å². The molecule has 1 saturated carbocycles. The summed E-state index contributed by atoms with van der Waals surface area (Å²) in [6, 6.07) is 9.73. The zero-order valence-electron chi connectivity index (χ0n) is 11.4. The van der Waals surface area contributed by atoms with E-state index in [1.807, 2.05) is 37.3 Å². The first-order chi connectivity index (χ1) is 9.16. The molecule has 0 aromatic heterocycles. The van der Waals surface area contributed by atoms with Crippen LogP contribution in [0.5, 0.6) is 5.75 Å². The number of nitrogens with one attached hydrogen (secondary N) is 1. The number of amides is 1. The Balaban J connectivity index is 2.05. The molecule has 4 heteroatoms. The van der Waals surface area contributed by atoms with Gasteiger partial charge in [-0.25, -0.2) is 0 Å². The highest BCUT2D eigenvalue weighted by molar-refractivity contribution is 5.84. The van der Waals surface area contributed by atoms with E-state index in [1.165, 1.54) is 0 Å². The number of nitrogens with two attached hydrogens (primary N) is 1. The van der Waals surface area contributed by atoms with E-state index in [9.17, 15) is 4.79 Å². The van der Waals surface area contributed by atoms with E-state index in [4.69, 9.17) is 10.5 Å². The van der Waals surface area contributed by atoms with Crippen LogP contribution in [-0.4, -0.2) is 24.1 Å². The van der Waals surface area contributed by atoms with Gasteiger partial charge in [0.15, 0.2) is 0 Å². The van der Waals surface area contributed by atoms with E-state index in [1.54, 1.807) is 0 Å². The predicted molar refractivity (Wildman–Crippen MR) is 74.9 cm³/mol. The van der Waals surface area contributed by atoms with E-state index >= 15 is 0 Å². The maximum absolute atomic E-state index is 11.8. The molecule has 1 aliphatic rings. The van der Waals surface area contributed by atoms with Gasteiger partial charge in [0.2, 0.25) is 5.91 Å². The standard InChI is InChI=1S/C15H22N2O2/c1-2-17-15(14(16)18)10-6-9-13(11-15)19-12-7-4-3-5-8-12/h3-5,7-8,13,17H,2,6,9-11H2,1H3,(H2,16,18). The first-order valence-corrected chi connectivity index (χ1v) is 6.93. The predicted octanol–water partition coefficient (Wildman–Crippen LogP) is 1.84. The molecule has 1 amide bonds. The molecule has 0 saturated heterocycles. The van der Waals surface area contributed by atoms with E-state index < -0.39 is 5.54 Å². The second-order valence-corrected chi connectivity index (χ2v) is 5.13. The molecular weight excluding hydrogens is 240 g/mol. The van der Waals surface area contributed by atoms with Gasteiger partial charge in [-0.05, 0) is 37.9 Å². The Hall–Kier alpha value is -1.55. The number of benzene rings is 1. The minimum Gasteiger partial charge on any atom is -0.490 e. The minimum absolute atomic E-state index is 0.0442. The van der Waals surface area contributed by atoms with Crippen LogP contribution in [0.15, 0.2) is 30.3 Å². The lowest BCUT2D eigenvalue weighted by molar-refractivity contribution is -0.127. The zero-order valence-corrected chi connectivity index (χ0v) is 11.4. The number of carbonyl (C=O) groups excluding carboxylic acids is 1. The van der Waals surface area contributed by atoms with Crippen molar-refractivity contribution in [2.24, 2.45) is 5.73 Å². The Kier molecular flexibility index (Phi) is 4.43. The summed E-state index contributed by atoms with van der Waals surface area (Å²) in [6.07, 6.45) is 3.40. The van der Waals surface area contributed by atoms with Crippen molar-refractivity contribution in [3.05, 3.63) is 30.3 Å². The molecule has 104 valence electrons. The van der Waals surface area contributed by atoms with Crippen LogP contribution < -0.4 is 15.8 Å². The SMILES string of the molecule is CCNC1(C(N)=O)CCCC(Oc2ccccc2)C1. The van der Waals surface area contributed by atoms with Gasteiger partial charge in [-0.1, -0.05) is 25.1 Å². The minimum atomic E-state index is -0.605. The van der Waals surface area contributed by atoms with Crippen molar-refractivity contribution in [2.75, 3.05) is 6.54 Å². The van der Waals surface area contributed by atoms with Crippen LogP contribution in [0, 0.1) is 0 Å². The second-order valence-electron chi connectivity index (χ2n) is 5.13. The number of carbonyl (C=O) groups is 1. The topological polar surface area (TPSA) is 64.3 Å². The molecule has 0 bridgehead atoms. The van der Waals surface area contributed by atoms with Gasteiger partial charge in [0.1, 0.15) is 17.4 Å². The molecule has 1 aromatic carbocycles. The van der Waals surface area contributed by atoms with Crippen LogP contribution in [0.4, 0.5) is 0 Å². The first-order valence-electron chi connectivity index (χ1n) is 6.93. The number of hydrogen-bond donors (Lipinski definition) is 2. The summed E-state index contributed by atoms with van der Waals surface area (Å²) in [6.45, 7) is 2.73. The second kappa shape index (κ2) is 6.06. The molecule has 3 N–H and O–H groups in total. The Bertz CT molecular complexity index is 417. The van der Waals surface area contributed by atoms with Crippen molar-refractivity contribution in [2.45, 2.75) is 44.2 Å². The van der Waals surface area contributed by atoms with Crippen molar-refractivity contribution in [3.8, 4) is 5.75 Å². The van der Waals surface area contributed by atoms with Crippen molar-refractivity contribution >= 4 is 5.91 Å². The first kappa shape index (κ1) is 13.9. The van der Waals surface area contributed by atoms with Crippen LogP contribution in [0.2, 0.25) is 0 Å². The summed E-state index contributed by atoms with van der Waals surface area (Å²) in [5.41, 5.74) is 4.98. The number of likely N-dealkylation sites (N-methyl/N-ethyl adjacent to an activating group) is 1. The summed E-state index contributed by atoms with van der Waals surface area (Å²) < 4.78 is 5.96. The van der Waals surface area contributed by atoms with E-state index in [0.29, 0.717) is 6.42 Å². The fourth-order valence-corrected chi connectivity index (χ4v) is 2.83. The maximum Gasteiger partial charge on any atom is 0.237 e. The molecule has 2 rings (SSSR count). The van der Waals surface area contributed by atoms with Gasteiger partial charge in [0.25, 0.3) is 0 Å². The zero-order chi connectivity index (χ0) is 13.7. The fraction of sp³-hybridized carbons (Fsp3) is 0.533. The summed E-state index contributed by atoms with van der Waals surface area (Å²) in [5, 5.41) is 3.26. The molecule has 2 unspecified atom stereocenters. The largest absolute Gasteiger partial charge is 0.490 e. The molecule has 0 spiro atoms. The number of para-hydroxylation sites is 1. The maximum atomic E-state index is 11.8. The van der Waals surface area contributed by atoms with Gasteiger partial charge >= 0.3 is 0 Å². The van der Waals surface area contributed by atoms with Crippen LogP contribution >= 0.6 is 0 Å². The number of hydrogen-bond acceptors (Lipinski definition) is 3. The molecule has 1 aliphatic carbocycles. The molecule has 1 aromatic rings. The average Bonchev–Trinajstić information content (AvgIpc) is 2.40. The van der Waals surface area contributed by atoms with Gasteiger partial charge in [-0.2, -0.15) is 0 Å². The molecule has 0 radical (unpaired) electrons. The fourth-order valence-electron chi connectivity index (χ4n) is 2.83. The third kappa shape index (κ3) is 3.26. The third-order valence-electron chi connectivity index (χ3n) is 3.74. The van der Waals surface area contributed by atoms with Gasteiger partial charge in [-0.15, -0.1) is 0 Å². The Morgan fingerprint density at radius 1 is 1.47 bits per heavy atom. The molecule has 19 heavy (non-hydrogen) atoms. The Morgan fingerprint density at radius 2 is 2.21 bits per heavy atom. The average molecular weight is 262 g/mol. The van der Waals surface area contributed by atoms with Gasteiger partial charge < -0.3 is 15.8 Å². The molecule has 1 fully saturated rings. The molecule has 0 aliphatic heterocycles. The molecule has 2 atom stereocenters. The third-order valence-corrected chi connectivity index (χ3v) is 3.74. The number of primary amides is 1. The molecule has 0 heterocycles. The van der Waals surface area contributed by atoms with Gasteiger partial charge in [-0.3, -0.25) is 4.79 Å². The Morgan fingerprint density at radius 3 is 2.84 bits per heavy atom. The van der Waals surface area contributed by atoms with Crippen molar-refractivity contribution < 1.29 is 9.53 Å². The van der Waals surface area contributed by atoms with Crippen molar-refractivity contribution in [1.82, 2.24) is 5.32 Å². The molecule has 4 nitrogen and oxygen atoms in total.